The summed E-state index contributed by atoms with van der Waals surface area (Å²) in [6.45, 7) is 1.94. The number of ether oxygens (including phenoxy) is 1. The average Bonchev–Trinajstić information content (AvgIpc) is 2.16. The maximum absolute atomic E-state index is 12.9. The Balaban J connectivity index is 2.60. The summed E-state index contributed by atoms with van der Waals surface area (Å²) in [5, 5.41) is 8.98. The van der Waals surface area contributed by atoms with Crippen molar-refractivity contribution in [3.8, 4) is 5.75 Å². The molecule has 1 N–H and O–H groups in total. The van der Waals surface area contributed by atoms with Gasteiger partial charge in [-0.15, -0.1) is 0 Å². The van der Waals surface area contributed by atoms with Crippen molar-refractivity contribution in [2.24, 2.45) is 0 Å². The maximum atomic E-state index is 12.9. The quantitative estimate of drug-likeness (QED) is 0.757. The molecule has 1 unspecified atom stereocenters. The molecule has 0 aromatic heterocycles. The molecule has 3 nitrogen and oxygen atoms in total. The Morgan fingerprint density at radius 3 is 2.87 bits per heavy atom. The Morgan fingerprint density at radius 1 is 1.53 bits per heavy atom. The van der Waals surface area contributed by atoms with Gasteiger partial charge in [0.2, 0.25) is 0 Å². The van der Waals surface area contributed by atoms with E-state index >= 15 is 0 Å². The zero-order chi connectivity index (χ0) is 11.3. The molecule has 0 saturated heterocycles. The minimum atomic E-state index is -0.508. The number of aliphatic hydroxyl groups excluding tert-OH is 1. The van der Waals surface area contributed by atoms with E-state index in [-0.39, 0.29) is 5.56 Å². The second kappa shape index (κ2) is 5.46. The Kier molecular flexibility index (Phi) is 4.24. The third-order valence-electron chi connectivity index (χ3n) is 1.83. The number of hydrogen-bond acceptors (Lipinski definition) is 3. The smallest absolute Gasteiger partial charge is 0.150 e. The van der Waals surface area contributed by atoms with E-state index in [0.717, 1.165) is 6.07 Å². The van der Waals surface area contributed by atoms with Crippen LogP contribution in [-0.4, -0.2) is 24.1 Å². The normalized spacial score (nSPS) is 12.2. The fraction of sp³-hybridized carbons (Fsp3) is 0.364. The van der Waals surface area contributed by atoms with Gasteiger partial charge in [-0.1, -0.05) is 0 Å². The average molecular weight is 212 g/mol. The van der Waals surface area contributed by atoms with Crippen molar-refractivity contribution in [1.82, 2.24) is 0 Å². The molecule has 0 amide bonds. The molecule has 0 saturated carbocycles. The largest absolute Gasteiger partial charge is 0.493 e. The van der Waals surface area contributed by atoms with Crippen molar-refractivity contribution < 1.29 is 19.0 Å². The lowest BCUT2D eigenvalue weighted by atomic mass is 10.2. The van der Waals surface area contributed by atoms with Crippen LogP contribution in [0.4, 0.5) is 4.39 Å². The van der Waals surface area contributed by atoms with Crippen LogP contribution in [0.2, 0.25) is 0 Å². The van der Waals surface area contributed by atoms with Crippen LogP contribution in [0.15, 0.2) is 18.2 Å². The molecule has 1 aromatic carbocycles. The lowest BCUT2D eigenvalue weighted by molar-refractivity contribution is 0.112. The SMILES string of the molecule is CC(O)CCOc1cc(F)cc(C=O)c1. The van der Waals surface area contributed by atoms with Gasteiger partial charge >= 0.3 is 0 Å². The summed E-state index contributed by atoms with van der Waals surface area (Å²) >= 11 is 0. The Bertz CT molecular complexity index is 337. The first kappa shape index (κ1) is 11.7. The number of carbonyl (C=O) groups is 1. The van der Waals surface area contributed by atoms with Crippen LogP contribution < -0.4 is 4.74 Å². The highest BCUT2D eigenvalue weighted by Gasteiger charge is 2.02. The second-order valence-corrected chi connectivity index (χ2v) is 3.32. The molecular formula is C11H13FO3. The van der Waals surface area contributed by atoms with Gasteiger partial charge in [-0.2, -0.15) is 0 Å². The van der Waals surface area contributed by atoms with Crippen molar-refractivity contribution in [2.75, 3.05) is 6.61 Å². The molecule has 1 aromatic rings. The van der Waals surface area contributed by atoms with E-state index in [0.29, 0.717) is 25.1 Å². The molecule has 82 valence electrons. The van der Waals surface area contributed by atoms with Crippen molar-refractivity contribution in [3.63, 3.8) is 0 Å². The fourth-order valence-electron chi connectivity index (χ4n) is 1.08. The van der Waals surface area contributed by atoms with Crippen LogP contribution in [0.25, 0.3) is 0 Å². The van der Waals surface area contributed by atoms with Gasteiger partial charge in [0, 0.05) is 18.1 Å². The van der Waals surface area contributed by atoms with Crippen LogP contribution >= 0.6 is 0 Å². The molecule has 0 fully saturated rings. The minimum absolute atomic E-state index is 0.238. The van der Waals surface area contributed by atoms with E-state index < -0.39 is 11.9 Å². The van der Waals surface area contributed by atoms with Crippen LogP contribution in [-0.2, 0) is 0 Å². The molecule has 0 aliphatic carbocycles. The molecular weight excluding hydrogens is 199 g/mol. The minimum Gasteiger partial charge on any atom is -0.493 e. The van der Waals surface area contributed by atoms with Gasteiger partial charge in [0.05, 0.1) is 12.7 Å². The van der Waals surface area contributed by atoms with E-state index in [1.807, 2.05) is 0 Å². The molecule has 0 radical (unpaired) electrons. The van der Waals surface area contributed by atoms with Crippen molar-refractivity contribution >= 4 is 6.29 Å². The van der Waals surface area contributed by atoms with Gasteiger partial charge < -0.3 is 9.84 Å². The van der Waals surface area contributed by atoms with Gasteiger partial charge in [-0.25, -0.2) is 4.39 Å². The van der Waals surface area contributed by atoms with Gasteiger partial charge in [-0.3, -0.25) is 4.79 Å². The molecule has 0 aliphatic heterocycles. The summed E-state index contributed by atoms with van der Waals surface area (Å²) in [4.78, 5) is 10.4. The van der Waals surface area contributed by atoms with Gasteiger partial charge in [0.1, 0.15) is 17.9 Å². The summed E-state index contributed by atoms with van der Waals surface area (Å²) in [6.07, 6.45) is 0.571. The van der Waals surface area contributed by atoms with E-state index in [2.05, 4.69) is 0 Å². The number of halogens is 1. The molecule has 15 heavy (non-hydrogen) atoms. The molecule has 1 atom stereocenters. The second-order valence-electron chi connectivity index (χ2n) is 3.32. The van der Waals surface area contributed by atoms with Crippen LogP contribution in [0.3, 0.4) is 0 Å². The highest BCUT2D eigenvalue weighted by Crippen LogP contribution is 2.15. The monoisotopic (exact) mass is 212 g/mol. The van der Waals surface area contributed by atoms with Crippen molar-refractivity contribution in [3.05, 3.63) is 29.6 Å². The zero-order valence-corrected chi connectivity index (χ0v) is 8.44. The first-order valence-electron chi connectivity index (χ1n) is 4.68. The predicted molar refractivity (Wildman–Crippen MR) is 53.6 cm³/mol. The van der Waals surface area contributed by atoms with Crippen LogP contribution in [0.5, 0.6) is 5.75 Å². The number of aldehydes is 1. The molecule has 0 spiro atoms. The first-order chi connectivity index (χ1) is 7.11. The molecule has 0 bridgehead atoms. The molecule has 0 aliphatic rings. The number of carbonyl (C=O) groups excluding carboxylic acids is 1. The summed E-state index contributed by atoms with van der Waals surface area (Å²) < 4.78 is 18.1. The third kappa shape index (κ3) is 4.08. The van der Waals surface area contributed by atoms with Crippen molar-refractivity contribution in [1.29, 1.82) is 0 Å². The molecule has 1 rings (SSSR count). The lowest BCUT2D eigenvalue weighted by Crippen LogP contribution is -2.07. The predicted octanol–water partition coefficient (Wildman–Crippen LogP) is 1.79. The van der Waals surface area contributed by atoms with E-state index in [1.165, 1.54) is 12.1 Å². The lowest BCUT2D eigenvalue weighted by Gasteiger charge is -2.08. The molecule has 4 heteroatoms. The van der Waals surface area contributed by atoms with Gasteiger partial charge in [0.25, 0.3) is 0 Å². The fourth-order valence-corrected chi connectivity index (χ4v) is 1.08. The Hall–Kier alpha value is -1.42. The highest BCUT2D eigenvalue weighted by molar-refractivity contribution is 5.75. The molecule has 0 heterocycles. The van der Waals surface area contributed by atoms with Crippen LogP contribution in [0, 0.1) is 5.82 Å². The highest BCUT2D eigenvalue weighted by atomic mass is 19.1. The number of aliphatic hydroxyl groups is 1. The van der Waals surface area contributed by atoms with E-state index in [9.17, 15) is 9.18 Å². The first-order valence-corrected chi connectivity index (χ1v) is 4.68. The van der Waals surface area contributed by atoms with Gasteiger partial charge in [0.15, 0.2) is 0 Å². The standard InChI is InChI=1S/C11H13FO3/c1-8(14)2-3-15-11-5-9(7-13)4-10(12)6-11/h4-8,14H,2-3H2,1H3. The Morgan fingerprint density at radius 2 is 2.27 bits per heavy atom. The summed E-state index contributed by atoms with van der Waals surface area (Å²) in [5.41, 5.74) is 0.238. The number of hydrogen-bond donors (Lipinski definition) is 1. The summed E-state index contributed by atoms with van der Waals surface area (Å²) in [7, 11) is 0. The van der Waals surface area contributed by atoms with Crippen molar-refractivity contribution in [2.45, 2.75) is 19.4 Å². The maximum Gasteiger partial charge on any atom is 0.150 e. The van der Waals surface area contributed by atoms with Gasteiger partial charge in [-0.05, 0) is 19.1 Å². The topological polar surface area (TPSA) is 46.5 Å². The van der Waals surface area contributed by atoms with Crippen LogP contribution in [0.1, 0.15) is 23.7 Å². The van der Waals surface area contributed by atoms with E-state index in [4.69, 9.17) is 9.84 Å². The zero-order valence-electron chi connectivity index (χ0n) is 8.44. The number of benzene rings is 1. The summed E-state index contributed by atoms with van der Waals surface area (Å²) in [6, 6.07) is 3.79. The third-order valence-corrected chi connectivity index (χ3v) is 1.83. The summed E-state index contributed by atoms with van der Waals surface area (Å²) in [5.74, 6) is -0.204. The number of rotatable bonds is 5. The Labute approximate surface area is 87.5 Å². The van der Waals surface area contributed by atoms with E-state index in [1.54, 1.807) is 6.92 Å².